The Kier molecular flexibility index (Phi) is 2.59. The zero-order valence-corrected chi connectivity index (χ0v) is 8.75. The predicted molar refractivity (Wildman–Crippen MR) is 57.3 cm³/mol. The molecule has 0 spiro atoms. The van der Waals surface area contributed by atoms with Crippen LogP contribution in [-0.2, 0) is 0 Å². The van der Waals surface area contributed by atoms with Gasteiger partial charge in [0.05, 0.1) is 16.6 Å². The van der Waals surface area contributed by atoms with E-state index in [0.29, 0.717) is 18.6 Å². The molecule has 1 aromatic rings. The number of carbonyl (C=O) groups is 1. The summed E-state index contributed by atoms with van der Waals surface area (Å²) in [6.45, 7) is 0. The van der Waals surface area contributed by atoms with Crippen molar-refractivity contribution in [1.29, 1.82) is 0 Å². The van der Waals surface area contributed by atoms with Crippen LogP contribution < -0.4 is 11.1 Å². The van der Waals surface area contributed by atoms with E-state index in [4.69, 9.17) is 10.9 Å². The fraction of sp³-hybridized carbons (Fsp3) is 0.333. The number of nitrogens with one attached hydrogen (secondary N) is 1. The van der Waals surface area contributed by atoms with Crippen molar-refractivity contribution >= 4 is 23.1 Å². The molecule has 0 saturated carbocycles. The minimum atomic E-state index is -0.526. The van der Waals surface area contributed by atoms with Gasteiger partial charge in [-0.15, -0.1) is 11.3 Å². The molecule has 0 bridgehead atoms. The van der Waals surface area contributed by atoms with E-state index in [1.807, 2.05) is 11.4 Å². The molecule has 2 rings (SSSR count). The number of fused-ring (bicyclic) bond motifs is 1. The Bertz CT molecular complexity index is 413. The van der Waals surface area contributed by atoms with Crippen molar-refractivity contribution in [3.8, 4) is 0 Å². The van der Waals surface area contributed by atoms with E-state index in [-0.39, 0.29) is 6.04 Å². The maximum absolute atomic E-state index is 10.8. The van der Waals surface area contributed by atoms with Gasteiger partial charge in [0.25, 0.3) is 0 Å². The summed E-state index contributed by atoms with van der Waals surface area (Å²) >= 11 is 1.51. The molecule has 0 aromatic carbocycles. The Morgan fingerprint density at radius 2 is 2.53 bits per heavy atom. The minimum absolute atomic E-state index is 0.0609. The summed E-state index contributed by atoms with van der Waals surface area (Å²) in [6.07, 6.45) is 1.36. The number of thiophene rings is 1. The van der Waals surface area contributed by atoms with Gasteiger partial charge in [-0.25, -0.2) is 4.79 Å². The lowest BCUT2D eigenvalue weighted by molar-refractivity contribution is 0.244. The third kappa shape index (κ3) is 1.80. The van der Waals surface area contributed by atoms with Gasteiger partial charge in [0.15, 0.2) is 0 Å². The van der Waals surface area contributed by atoms with E-state index < -0.39 is 6.03 Å². The van der Waals surface area contributed by atoms with Gasteiger partial charge < -0.3 is 16.3 Å². The first-order valence-electron chi connectivity index (χ1n) is 4.57. The second-order valence-corrected chi connectivity index (χ2v) is 4.27. The van der Waals surface area contributed by atoms with Crippen LogP contribution in [0.4, 0.5) is 4.79 Å². The second kappa shape index (κ2) is 3.90. The van der Waals surface area contributed by atoms with Crippen molar-refractivity contribution in [3.05, 3.63) is 21.9 Å². The standard InChI is InChI=1S/C9H11N3O2S/c10-9(13)11-6-1-2-7(12-14)8-5(6)3-4-15-8/h3-4,6,14H,1-2H2,(H3,10,11,13)/b12-7+. The molecule has 1 aliphatic rings. The van der Waals surface area contributed by atoms with Crippen LogP contribution in [0.3, 0.4) is 0 Å². The van der Waals surface area contributed by atoms with Crippen LogP contribution in [-0.4, -0.2) is 17.0 Å². The zero-order valence-electron chi connectivity index (χ0n) is 7.93. The average Bonchev–Trinajstić information content (AvgIpc) is 2.66. The van der Waals surface area contributed by atoms with Crippen LogP contribution in [0.25, 0.3) is 0 Å². The quantitative estimate of drug-likeness (QED) is 0.498. The molecule has 1 heterocycles. The summed E-state index contributed by atoms with van der Waals surface area (Å²) in [5, 5.41) is 16.7. The number of primary amides is 1. The Morgan fingerprint density at radius 3 is 3.20 bits per heavy atom. The van der Waals surface area contributed by atoms with Gasteiger partial charge in [-0.2, -0.15) is 0 Å². The van der Waals surface area contributed by atoms with Crippen LogP contribution >= 0.6 is 11.3 Å². The number of rotatable bonds is 1. The van der Waals surface area contributed by atoms with E-state index in [9.17, 15) is 4.79 Å². The fourth-order valence-corrected chi connectivity index (χ4v) is 2.77. The molecule has 0 fully saturated rings. The van der Waals surface area contributed by atoms with E-state index >= 15 is 0 Å². The number of hydrogen-bond donors (Lipinski definition) is 3. The van der Waals surface area contributed by atoms with Crippen LogP contribution in [0.15, 0.2) is 16.6 Å². The molecular weight excluding hydrogens is 214 g/mol. The van der Waals surface area contributed by atoms with Gasteiger partial charge in [0.1, 0.15) is 0 Å². The van der Waals surface area contributed by atoms with Crippen molar-refractivity contribution < 1.29 is 10.0 Å². The minimum Gasteiger partial charge on any atom is -0.411 e. The third-order valence-corrected chi connectivity index (χ3v) is 3.42. The normalized spacial score (nSPS) is 22.4. The predicted octanol–water partition coefficient (Wildman–Crippen LogP) is 1.43. The summed E-state index contributed by atoms with van der Waals surface area (Å²) in [7, 11) is 0. The monoisotopic (exact) mass is 225 g/mol. The molecular formula is C9H11N3O2S. The van der Waals surface area contributed by atoms with Gasteiger partial charge in [0, 0.05) is 0 Å². The number of hydrogen-bond acceptors (Lipinski definition) is 4. The lowest BCUT2D eigenvalue weighted by atomic mass is 9.93. The smallest absolute Gasteiger partial charge is 0.312 e. The fourth-order valence-electron chi connectivity index (χ4n) is 1.80. The number of oxime groups is 1. The molecule has 0 saturated heterocycles. The summed E-state index contributed by atoms with van der Waals surface area (Å²) in [6, 6.07) is 1.33. The maximum atomic E-state index is 10.8. The molecule has 5 nitrogen and oxygen atoms in total. The largest absolute Gasteiger partial charge is 0.411 e. The molecule has 1 aromatic heterocycles. The lowest BCUT2D eigenvalue weighted by Crippen LogP contribution is -2.35. The molecule has 2 amide bonds. The molecule has 80 valence electrons. The second-order valence-electron chi connectivity index (χ2n) is 3.35. The molecule has 0 aliphatic heterocycles. The molecule has 1 aliphatic carbocycles. The highest BCUT2D eigenvalue weighted by molar-refractivity contribution is 7.12. The first kappa shape index (κ1) is 9.97. The third-order valence-electron chi connectivity index (χ3n) is 2.44. The molecule has 15 heavy (non-hydrogen) atoms. The summed E-state index contributed by atoms with van der Waals surface area (Å²) in [5.74, 6) is 0. The number of amides is 2. The number of nitrogens with two attached hydrogens (primary N) is 1. The van der Waals surface area contributed by atoms with Crippen LogP contribution in [0, 0.1) is 0 Å². The summed E-state index contributed by atoms with van der Waals surface area (Å²) in [4.78, 5) is 11.7. The number of nitrogens with zero attached hydrogens (tertiary/aromatic N) is 1. The maximum Gasteiger partial charge on any atom is 0.312 e. The lowest BCUT2D eigenvalue weighted by Gasteiger charge is -2.23. The Morgan fingerprint density at radius 1 is 1.73 bits per heavy atom. The van der Waals surface area contributed by atoms with E-state index in [2.05, 4.69) is 10.5 Å². The Balaban J connectivity index is 2.31. The summed E-state index contributed by atoms with van der Waals surface area (Å²) < 4.78 is 0. The van der Waals surface area contributed by atoms with Crippen molar-refractivity contribution in [2.75, 3.05) is 0 Å². The van der Waals surface area contributed by atoms with Gasteiger partial charge in [-0.05, 0) is 29.9 Å². The van der Waals surface area contributed by atoms with Crippen LogP contribution in [0.2, 0.25) is 0 Å². The van der Waals surface area contributed by atoms with Gasteiger partial charge in [0.2, 0.25) is 0 Å². The van der Waals surface area contributed by atoms with E-state index in [0.717, 1.165) is 10.4 Å². The van der Waals surface area contributed by atoms with Gasteiger partial charge >= 0.3 is 6.03 Å². The van der Waals surface area contributed by atoms with Crippen molar-refractivity contribution in [1.82, 2.24) is 5.32 Å². The van der Waals surface area contributed by atoms with Gasteiger partial charge in [-0.1, -0.05) is 5.16 Å². The highest BCUT2D eigenvalue weighted by Gasteiger charge is 2.26. The topological polar surface area (TPSA) is 87.7 Å². The zero-order chi connectivity index (χ0) is 10.8. The number of carbonyl (C=O) groups excluding carboxylic acids is 1. The average molecular weight is 225 g/mol. The van der Waals surface area contributed by atoms with E-state index in [1.165, 1.54) is 11.3 Å². The first-order chi connectivity index (χ1) is 7.22. The SMILES string of the molecule is NC(=O)NC1CC/C(=N\O)c2sccc21. The molecule has 6 heteroatoms. The first-order valence-corrected chi connectivity index (χ1v) is 5.45. The van der Waals surface area contributed by atoms with E-state index in [1.54, 1.807) is 0 Å². The Labute approximate surface area is 90.6 Å². The Hall–Kier alpha value is -1.56. The number of urea groups is 1. The van der Waals surface area contributed by atoms with Crippen LogP contribution in [0.1, 0.15) is 29.3 Å². The highest BCUT2D eigenvalue weighted by atomic mass is 32.1. The van der Waals surface area contributed by atoms with Crippen molar-refractivity contribution in [3.63, 3.8) is 0 Å². The van der Waals surface area contributed by atoms with Crippen molar-refractivity contribution in [2.45, 2.75) is 18.9 Å². The molecule has 1 unspecified atom stereocenters. The molecule has 4 N–H and O–H groups in total. The highest BCUT2D eigenvalue weighted by Crippen LogP contribution is 2.33. The van der Waals surface area contributed by atoms with Crippen LogP contribution in [0.5, 0.6) is 0 Å². The van der Waals surface area contributed by atoms with Crippen molar-refractivity contribution in [2.24, 2.45) is 10.9 Å². The molecule has 1 atom stereocenters. The summed E-state index contributed by atoms with van der Waals surface area (Å²) in [5.41, 5.74) is 6.76. The molecule has 0 radical (unpaired) electrons. The van der Waals surface area contributed by atoms with Gasteiger partial charge in [-0.3, -0.25) is 0 Å².